The maximum atomic E-state index is 12.6. The fourth-order valence-electron chi connectivity index (χ4n) is 4.01. The quantitative estimate of drug-likeness (QED) is 0.781. The number of methoxy groups -OCH3 is 1. The molecule has 4 rings (SSSR count). The van der Waals surface area contributed by atoms with E-state index in [0.717, 1.165) is 0 Å². The number of carbonyl (C=O) groups excluding carboxylic acids is 2. The van der Waals surface area contributed by atoms with Crippen LogP contribution in [0.25, 0.3) is 0 Å². The van der Waals surface area contributed by atoms with Crippen LogP contribution in [0.4, 0.5) is 0 Å². The summed E-state index contributed by atoms with van der Waals surface area (Å²) in [6.07, 6.45) is 1.65. The molecule has 0 radical (unpaired) electrons. The predicted molar refractivity (Wildman–Crippen MR) is 102 cm³/mol. The van der Waals surface area contributed by atoms with Crippen molar-refractivity contribution in [3.05, 3.63) is 53.9 Å². The number of rotatable bonds is 4. The number of amides is 2. The highest BCUT2D eigenvalue weighted by Gasteiger charge is 2.53. The van der Waals surface area contributed by atoms with Crippen LogP contribution >= 0.6 is 0 Å². The minimum absolute atomic E-state index is 0.102. The van der Waals surface area contributed by atoms with Gasteiger partial charge in [-0.25, -0.2) is 8.42 Å². The van der Waals surface area contributed by atoms with Gasteiger partial charge < -0.3 is 19.9 Å². The second-order valence-electron chi connectivity index (χ2n) is 7.13. The second-order valence-corrected chi connectivity index (χ2v) is 9.40. The lowest BCUT2D eigenvalue weighted by Crippen LogP contribution is -2.42. The van der Waals surface area contributed by atoms with E-state index >= 15 is 0 Å². The third kappa shape index (κ3) is 3.26. The Bertz CT molecular complexity index is 985. The molecule has 2 saturated heterocycles. The number of H-pyrrole nitrogens is 1. The number of likely N-dealkylation sites (tertiary alicyclic amines) is 1. The molecule has 28 heavy (non-hydrogen) atoms. The van der Waals surface area contributed by atoms with Gasteiger partial charge in [0.15, 0.2) is 9.84 Å². The molecule has 3 heterocycles. The summed E-state index contributed by atoms with van der Waals surface area (Å²) in [7, 11) is -1.84. The number of nitrogens with one attached hydrogen (secondary N) is 2. The summed E-state index contributed by atoms with van der Waals surface area (Å²) in [5, 5.41) is 2.20. The molecule has 148 valence electrons. The van der Waals surface area contributed by atoms with Crippen molar-refractivity contribution >= 4 is 21.7 Å². The highest BCUT2D eigenvalue weighted by molar-refractivity contribution is 7.92. The lowest BCUT2D eigenvalue weighted by molar-refractivity contribution is 0.0779. The minimum Gasteiger partial charge on any atom is -0.497 e. The molecule has 0 bridgehead atoms. The fourth-order valence-corrected chi connectivity index (χ4v) is 6.30. The number of sulfone groups is 1. The van der Waals surface area contributed by atoms with E-state index in [4.69, 9.17) is 4.74 Å². The van der Waals surface area contributed by atoms with E-state index in [1.165, 1.54) is 0 Å². The van der Waals surface area contributed by atoms with Crippen LogP contribution in [-0.4, -0.2) is 67.4 Å². The van der Waals surface area contributed by atoms with Gasteiger partial charge >= 0.3 is 0 Å². The number of hydrogen-bond acceptors (Lipinski definition) is 5. The summed E-state index contributed by atoms with van der Waals surface area (Å²) in [5.41, 5.74) is 0.857. The number of carbonyl (C=O) groups is 2. The van der Waals surface area contributed by atoms with E-state index in [1.807, 2.05) is 0 Å². The summed E-state index contributed by atoms with van der Waals surface area (Å²) < 4.78 is 30.3. The van der Waals surface area contributed by atoms with Crippen molar-refractivity contribution in [1.82, 2.24) is 15.2 Å². The zero-order valence-electron chi connectivity index (χ0n) is 15.3. The summed E-state index contributed by atoms with van der Waals surface area (Å²) in [4.78, 5) is 29.5. The number of ether oxygens (including phenoxy) is 1. The Balaban J connectivity index is 1.49. The first-order valence-electron chi connectivity index (χ1n) is 8.98. The molecule has 2 fully saturated rings. The van der Waals surface area contributed by atoms with Crippen LogP contribution in [0.1, 0.15) is 20.8 Å². The van der Waals surface area contributed by atoms with E-state index in [-0.39, 0.29) is 30.0 Å². The topological polar surface area (TPSA) is 109 Å². The van der Waals surface area contributed by atoms with Crippen LogP contribution in [-0.2, 0) is 9.84 Å². The lowest BCUT2D eigenvalue weighted by atomic mass is 10.00. The third-order valence-electron chi connectivity index (χ3n) is 5.48. The number of hydrogen-bond donors (Lipinski definition) is 2. The maximum Gasteiger partial charge on any atom is 0.270 e. The van der Waals surface area contributed by atoms with Crippen molar-refractivity contribution in [3.8, 4) is 5.75 Å². The van der Waals surface area contributed by atoms with Gasteiger partial charge in [0, 0.05) is 36.8 Å². The minimum atomic E-state index is -3.39. The molecule has 3 unspecified atom stereocenters. The second kappa shape index (κ2) is 6.97. The van der Waals surface area contributed by atoms with Gasteiger partial charge in [-0.15, -0.1) is 0 Å². The molecule has 2 aromatic rings. The first kappa shape index (κ1) is 18.5. The molecule has 0 saturated carbocycles. The van der Waals surface area contributed by atoms with Crippen molar-refractivity contribution in [2.45, 2.75) is 11.3 Å². The number of aromatic nitrogens is 1. The van der Waals surface area contributed by atoms with Gasteiger partial charge in [0.1, 0.15) is 11.4 Å². The van der Waals surface area contributed by atoms with Crippen LogP contribution in [0.15, 0.2) is 42.6 Å². The van der Waals surface area contributed by atoms with Gasteiger partial charge in [0.25, 0.3) is 11.8 Å². The van der Waals surface area contributed by atoms with Crippen LogP contribution < -0.4 is 10.1 Å². The molecule has 2 amide bonds. The highest BCUT2D eigenvalue weighted by Crippen LogP contribution is 2.34. The van der Waals surface area contributed by atoms with E-state index in [9.17, 15) is 18.0 Å². The summed E-state index contributed by atoms with van der Waals surface area (Å²) in [5.74, 6) is -0.345. The molecule has 0 aliphatic carbocycles. The molecule has 1 aromatic heterocycles. The Kier molecular flexibility index (Phi) is 4.62. The summed E-state index contributed by atoms with van der Waals surface area (Å²) in [6.45, 7) is 0.453. The van der Waals surface area contributed by atoms with Crippen molar-refractivity contribution in [2.24, 2.45) is 5.92 Å². The zero-order chi connectivity index (χ0) is 19.9. The largest absolute Gasteiger partial charge is 0.497 e. The number of benzene rings is 1. The summed E-state index contributed by atoms with van der Waals surface area (Å²) in [6, 6.07) is 9.47. The van der Waals surface area contributed by atoms with Crippen molar-refractivity contribution in [3.63, 3.8) is 0 Å². The number of nitrogens with zero attached hydrogens (tertiary/aromatic N) is 1. The molecule has 3 atom stereocenters. The molecule has 2 N–H and O–H groups in total. The normalized spacial score (nSPS) is 25.3. The zero-order valence-corrected chi connectivity index (χ0v) is 16.1. The monoisotopic (exact) mass is 403 g/mol. The van der Waals surface area contributed by atoms with Gasteiger partial charge in [0.05, 0.1) is 18.1 Å². The number of aromatic amines is 1. The SMILES string of the molecule is COc1ccc(C(=O)NC2CS(=O)(=O)C3CN(C(=O)c4ccc[nH]4)CC23)cc1. The number of fused-ring (bicyclic) bond motifs is 1. The Morgan fingerprint density at radius 1 is 1.18 bits per heavy atom. The van der Waals surface area contributed by atoms with E-state index in [0.29, 0.717) is 23.6 Å². The Morgan fingerprint density at radius 2 is 1.93 bits per heavy atom. The Labute approximate surface area is 162 Å². The predicted octanol–water partition coefficient (Wildman–Crippen LogP) is 0.691. The smallest absolute Gasteiger partial charge is 0.270 e. The molecule has 2 aliphatic rings. The van der Waals surface area contributed by atoms with Gasteiger partial charge in [-0.3, -0.25) is 9.59 Å². The average molecular weight is 403 g/mol. The standard InChI is InChI=1S/C19H21N3O5S/c1-27-13-6-4-12(5-7-13)18(23)21-16-11-28(25,26)17-10-22(9-14(16)17)19(24)15-3-2-8-20-15/h2-8,14,16-17,20H,9-11H2,1H3,(H,21,23). The van der Waals surface area contributed by atoms with Crippen molar-refractivity contribution in [2.75, 3.05) is 26.0 Å². The molecule has 0 spiro atoms. The van der Waals surface area contributed by atoms with E-state index in [1.54, 1.807) is 54.6 Å². The first-order chi connectivity index (χ1) is 13.4. The van der Waals surface area contributed by atoms with Gasteiger partial charge in [-0.05, 0) is 36.4 Å². The first-order valence-corrected chi connectivity index (χ1v) is 10.7. The van der Waals surface area contributed by atoms with Crippen LogP contribution in [0.5, 0.6) is 5.75 Å². The molecule has 1 aromatic carbocycles. The Hall–Kier alpha value is -2.81. The van der Waals surface area contributed by atoms with Crippen molar-refractivity contribution < 1.29 is 22.7 Å². The fraction of sp³-hybridized carbons (Fsp3) is 0.368. The lowest BCUT2D eigenvalue weighted by Gasteiger charge is -2.21. The molecular formula is C19H21N3O5S. The molecule has 2 aliphatic heterocycles. The maximum absolute atomic E-state index is 12.6. The van der Waals surface area contributed by atoms with Gasteiger partial charge in [-0.2, -0.15) is 0 Å². The van der Waals surface area contributed by atoms with Gasteiger partial charge in [0.2, 0.25) is 0 Å². The molecule has 8 nitrogen and oxygen atoms in total. The average Bonchev–Trinajstić information content (AvgIpc) is 3.40. The van der Waals surface area contributed by atoms with E-state index < -0.39 is 21.1 Å². The third-order valence-corrected chi connectivity index (χ3v) is 7.73. The van der Waals surface area contributed by atoms with Crippen molar-refractivity contribution in [1.29, 1.82) is 0 Å². The highest BCUT2D eigenvalue weighted by atomic mass is 32.2. The van der Waals surface area contributed by atoms with Crippen LogP contribution in [0.2, 0.25) is 0 Å². The van der Waals surface area contributed by atoms with Crippen LogP contribution in [0, 0.1) is 5.92 Å². The van der Waals surface area contributed by atoms with Crippen LogP contribution in [0.3, 0.4) is 0 Å². The molecule has 9 heteroatoms. The molecular weight excluding hydrogens is 382 g/mol. The Morgan fingerprint density at radius 3 is 2.57 bits per heavy atom. The van der Waals surface area contributed by atoms with Gasteiger partial charge in [-0.1, -0.05) is 0 Å². The van der Waals surface area contributed by atoms with E-state index in [2.05, 4.69) is 10.3 Å². The summed E-state index contributed by atoms with van der Waals surface area (Å²) >= 11 is 0.